The van der Waals surface area contributed by atoms with E-state index in [1.165, 1.54) is 0 Å². The zero-order valence-electron chi connectivity index (χ0n) is 2.02. The SMILES string of the molecule is [Cd].[Cu].[Cu].[Zn]. The van der Waals surface area contributed by atoms with Gasteiger partial charge in [-0.2, -0.15) is 0 Å². The molecule has 0 aliphatic carbocycles. The van der Waals surface area contributed by atoms with Gasteiger partial charge in [-0.15, -0.1) is 0 Å². The van der Waals surface area contributed by atoms with Crippen molar-refractivity contribution in [3.8, 4) is 0 Å². The number of hydrogen-bond donors (Lipinski definition) is 0. The second kappa shape index (κ2) is 17.6. The molecule has 0 aliphatic rings. The third kappa shape index (κ3) is 8.82. The van der Waals surface area contributed by atoms with Gasteiger partial charge in [0.15, 0.2) is 0 Å². The molecule has 0 saturated carbocycles. The van der Waals surface area contributed by atoms with Crippen LogP contribution in [0.25, 0.3) is 0 Å². The third-order valence-electron chi connectivity index (χ3n) is 0. The van der Waals surface area contributed by atoms with Crippen molar-refractivity contribution in [2.45, 2.75) is 0 Å². The van der Waals surface area contributed by atoms with Gasteiger partial charge in [0.25, 0.3) is 0 Å². The third-order valence-corrected chi connectivity index (χ3v) is 0. The summed E-state index contributed by atoms with van der Waals surface area (Å²) in [6, 6.07) is 0. The molecule has 0 amide bonds. The van der Waals surface area contributed by atoms with Gasteiger partial charge >= 0.3 is 0 Å². The quantitative estimate of drug-likeness (QED) is 0.552. The molecule has 0 aliphatic heterocycles. The van der Waals surface area contributed by atoms with E-state index >= 15 is 0 Å². The van der Waals surface area contributed by atoms with Crippen LogP contribution >= 0.6 is 0 Å². The van der Waals surface area contributed by atoms with Crippen molar-refractivity contribution in [1.29, 1.82) is 0 Å². The van der Waals surface area contributed by atoms with Crippen LogP contribution in [0, 0.1) is 0 Å². The molecule has 0 bridgehead atoms. The Bertz CT molecular complexity index is 6.00. The summed E-state index contributed by atoms with van der Waals surface area (Å²) < 4.78 is 0. The van der Waals surface area contributed by atoms with E-state index in [2.05, 4.69) is 0 Å². The largest absolute Gasteiger partial charge is 0 e. The molecule has 26 valence electrons. The minimum Gasteiger partial charge on any atom is 0 e. The molecule has 0 aromatic rings. The van der Waals surface area contributed by atoms with Crippen LogP contribution in [0.2, 0.25) is 0 Å². The summed E-state index contributed by atoms with van der Waals surface area (Å²) in [5, 5.41) is 0. The van der Waals surface area contributed by atoms with Crippen LogP contribution < -0.4 is 0 Å². The Hall–Kier alpha value is 2.58. The van der Waals surface area contributed by atoms with Crippen molar-refractivity contribution in [2.75, 3.05) is 0 Å². The molecule has 0 rings (SSSR count). The van der Waals surface area contributed by atoms with E-state index in [0.29, 0.717) is 0 Å². The Kier molecular flexibility index (Phi) is 135. The van der Waals surface area contributed by atoms with Crippen LogP contribution in [0.3, 0.4) is 0 Å². The fourth-order valence-electron chi connectivity index (χ4n) is 0. The Morgan fingerprint density at radius 1 is 0.750 bits per heavy atom. The normalized spacial score (nSPS) is 0. The molecule has 2 radical (unpaired) electrons. The summed E-state index contributed by atoms with van der Waals surface area (Å²) in [6.45, 7) is 0. The van der Waals surface area contributed by atoms with Gasteiger partial charge in [-0.1, -0.05) is 0 Å². The van der Waals surface area contributed by atoms with Crippen molar-refractivity contribution in [3.63, 3.8) is 0 Å². The van der Waals surface area contributed by atoms with E-state index in [1.54, 1.807) is 0 Å². The predicted octanol–water partition coefficient (Wildman–Crippen LogP) is -0.0100. The fourth-order valence-corrected chi connectivity index (χ4v) is 0. The van der Waals surface area contributed by atoms with Crippen LogP contribution in [0.15, 0.2) is 0 Å². The molecule has 0 N–H and O–H groups in total. The van der Waals surface area contributed by atoms with Gasteiger partial charge in [-0.3, -0.25) is 0 Å². The minimum absolute atomic E-state index is 0. The maximum Gasteiger partial charge on any atom is 0 e. The van der Waals surface area contributed by atoms with E-state index < -0.39 is 0 Å². The van der Waals surface area contributed by atoms with Crippen LogP contribution in [-0.2, 0) is 80.9 Å². The molecular formula is CdCu2Zn. The van der Waals surface area contributed by atoms with E-state index in [-0.39, 0.29) is 80.9 Å². The molecule has 0 atom stereocenters. The van der Waals surface area contributed by atoms with Crippen LogP contribution in [-0.4, -0.2) is 0 Å². The first kappa shape index (κ1) is 30.7. The summed E-state index contributed by atoms with van der Waals surface area (Å²) in [7, 11) is 0. The second-order valence-electron chi connectivity index (χ2n) is 0. The molecule has 0 spiro atoms. The van der Waals surface area contributed by atoms with Gasteiger partial charge in [0.05, 0.1) is 0 Å². The molecule has 4 heavy (non-hydrogen) atoms. The number of rotatable bonds is 0. The Morgan fingerprint density at radius 3 is 0.750 bits per heavy atom. The summed E-state index contributed by atoms with van der Waals surface area (Å²) in [5.41, 5.74) is 0. The monoisotopic (exact) mass is 304 g/mol. The smallest absolute Gasteiger partial charge is 0 e. The molecule has 0 saturated heterocycles. The Labute approximate surface area is 79.7 Å². The van der Waals surface area contributed by atoms with Crippen molar-refractivity contribution in [3.05, 3.63) is 0 Å². The number of hydrogen-bond acceptors (Lipinski definition) is 0. The minimum atomic E-state index is 0. The first-order valence-electron chi connectivity index (χ1n) is 0. The Balaban J connectivity index is 0. The van der Waals surface area contributed by atoms with E-state index in [0.717, 1.165) is 0 Å². The van der Waals surface area contributed by atoms with Crippen molar-refractivity contribution in [2.24, 2.45) is 0 Å². The van der Waals surface area contributed by atoms with Gasteiger partial charge < -0.3 is 0 Å². The van der Waals surface area contributed by atoms with Crippen molar-refractivity contribution < 1.29 is 80.9 Å². The molecule has 0 unspecified atom stereocenters. The standard InChI is InChI=1S/Cd.2Cu.Zn. The zero-order chi connectivity index (χ0) is 0. The molecule has 0 nitrogen and oxygen atoms in total. The van der Waals surface area contributed by atoms with Gasteiger partial charge in [-0.25, -0.2) is 0 Å². The van der Waals surface area contributed by atoms with Crippen LogP contribution in [0.1, 0.15) is 0 Å². The van der Waals surface area contributed by atoms with Gasteiger partial charge in [-0.05, 0) is 0 Å². The summed E-state index contributed by atoms with van der Waals surface area (Å²) in [4.78, 5) is 0. The van der Waals surface area contributed by atoms with E-state index in [9.17, 15) is 0 Å². The maximum atomic E-state index is 0. The second-order valence-corrected chi connectivity index (χ2v) is 0. The van der Waals surface area contributed by atoms with Gasteiger partial charge in [0, 0.05) is 80.9 Å². The first-order chi connectivity index (χ1) is 0. The molecule has 0 aromatic heterocycles. The molecule has 4 heteroatoms. The average Bonchev–Trinajstić information content (AvgIpc) is 0. The van der Waals surface area contributed by atoms with Gasteiger partial charge in [0.1, 0.15) is 0 Å². The van der Waals surface area contributed by atoms with Crippen LogP contribution in [0.5, 0.6) is 0 Å². The maximum absolute atomic E-state index is 0. The zero-order valence-corrected chi connectivity index (χ0v) is 10.9. The molecule has 0 heterocycles. The fraction of sp³-hybridized carbons (Fsp3) is 0. The molecular weight excluding hydrogens is 305 g/mol. The summed E-state index contributed by atoms with van der Waals surface area (Å²) in [6.07, 6.45) is 0. The van der Waals surface area contributed by atoms with Crippen LogP contribution in [0.4, 0.5) is 0 Å². The molecule has 0 aromatic carbocycles. The van der Waals surface area contributed by atoms with Gasteiger partial charge in [0.2, 0.25) is 0 Å². The van der Waals surface area contributed by atoms with E-state index in [1.807, 2.05) is 0 Å². The van der Waals surface area contributed by atoms with Crippen molar-refractivity contribution >= 4 is 0 Å². The van der Waals surface area contributed by atoms with Crippen molar-refractivity contribution in [1.82, 2.24) is 0 Å². The summed E-state index contributed by atoms with van der Waals surface area (Å²) >= 11 is 0. The molecule has 0 fully saturated rings. The van der Waals surface area contributed by atoms with E-state index in [4.69, 9.17) is 0 Å². The topological polar surface area (TPSA) is 0 Å². The predicted molar refractivity (Wildman–Crippen MR) is 0 cm³/mol. The summed E-state index contributed by atoms with van der Waals surface area (Å²) in [5.74, 6) is 0. The first-order valence-corrected chi connectivity index (χ1v) is 0. The Morgan fingerprint density at radius 2 is 0.750 bits per heavy atom. The average molecular weight is 305 g/mol.